The summed E-state index contributed by atoms with van der Waals surface area (Å²) in [4.78, 5) is 5.34. The zero-order chi connectivity index (χ0) is 33.5. The SMILES string of the molecule is c1ccc(-c2cccc3c2c2cc(-c4cccc(-n5c6ccccc6c6ccccc65)n4)ccc2n3-c2cccc3sc4ccccc4c23)cc1. The van der Waals surface area contributed by atoms with Gasteiger partial charge in [0.25, 0.3) is 0 Å². The van der Waals surface area contributed by atoms with E-state index in [0.717, 1.165) is 28.1 Å². The highest BCUT2D eigenvalue weighted by Crippen LogP contribution is 2.44. The summed E-state index contributed by atoms with van der Waals surface area (Å²) in [6, 6.07) is 63.5. The Morgan fingerprint density at radius 2 is 1.04 bits per heavy atom. The van der Waals surface area contributed by atoms with Gasteiger partial charge < -0.3 is 4.57 Å². The van der Waals surface area contributed by atoms with Crippen LogP contribution in [0.15, 0.2) is 176 Å². The molecule has 0 unspecified atom stereocenters. The first-order valence-corrected chi connectivity index (χ1v) is 18.1. The topological polar surface area (TPSA) is 22.8 Å². The summed E-state index contributed by atoms with van der Waals surface area (Å²) in [6.45, 7) is 0. The molecule has 0 aliphatic heterocycles. The fourth-order valence-corrected chi connectivity index (χ4v) is 9.29. The summed E-state index contributed by atoms with van der Waals surface area (Å²) in [7, 11) is 0. The highest BCUT2D eigenvalue weighted by Gasteiger charge is 2.20. The van der Waals surface area contributed by atoms with E-state index in [0.29, 0.717) is 0 Å². The second-order valence-electron chi connectivity index (χ2n) is 13.1. The average Bonchev–Trinajstić information content (AvgIpc) is 3.86. The highest BCUT2D eigenvalue weighted by atomic mass is 32.1. The van der Waals surface area contributed by atoms with Crippen LogP contribution in [0.2, 0.25) is 0 Å². The Kier molecular flexibility index (Phi) is 6.12. The number of pyridine rings is 1. The summed E-state index contributed by atoms with van der Waals surface area (Å²) < 4.78 is 7.37. The minimum Gasteiger partial charge on any atom is -0.309 e. The Balaban J connectivity index is 1.18. The average molecular weight is 668 g/mol. The van der Waals surface area contributed by atoms with Crippen LogP contribution in [0.4, 0.5) is 0 Å². The summed E-state index contributed by atoms with van der Waals surface area (Å²) in [5, 5.41) is 7.52. The predicted molar refractivity (Wildman–Crippen MR) is 217 cm³/mol. The third kappa shape index (κ3) is 4.21. The molecule has 0 fully saturated rings. The van der Waals surface area contributed by atoms with Crippen molar-refractivity contribution in [2.75, 3.05) is 0 Å². The first-order chi connectivity index (χ1) is 25.3. The molecule has 0 aliphatic rings. The molecular weight excluding hydrogens is 639 g/mol. The van der Waals surface area contributed by atoms with Gasteiger partial charge in [-0.2, -0.15) is 0 Å². The standard InChI is InChI=1S/C47H29N3S/c1-2-13-30(14-3-1)32-18-10-22-41-46(32)36-29-31(27-28-40(36)49(41)42-23-12-25-44-47(42)35-17-6-9-24-43(35)51-44)37-19-11-26-45(48-37)50-38-20-7-4-15-33(38)34-16-5-8-21-39(34)50/h1-29H. The van der Waals surface area contributed by atoms with Gasteiger partial charge in [0.2, 0.25) is 0 Å². The number of aromatic nitrogens is 3. The van der Waals surface area contributed by atoms with E-state index in [4.69, 9.17) is 4.98 Å². The zero-order valence-electron chi connectivity index (χ0n) is 27.5. The molecule has 0 atom stereocenters. The molecule has 3 nitrogen and oxygen atoms in total. The van der Waals surface area contributed by atoms with Gasteiger partial charge >= 0.3 is 0 Å². The van der Waals surface area contributed by atoms with Crippen LogP contribution < -0.4 is 0 Å². The van der Waals surface area contributed by atoms with Crippen LogP contribution in [-0.4, -0.2) is 14.1 Å². The van der Waals surface area contributed by atoms with E-state index in [1.807, 2.05) is 11.3 Å². The quantitative estimate of drug-likeness (QED) is 0.183. The summed E-state index contributed by atoms with van der Waals surface area (Å²) in [6.07, 6.45) is 0. The second kappa shape index (κ2) is 11.0. The van der Waals surface area contributed by atoms with Crippen molar-refractivity contribution in [3.63, 3.8) is 0 Å². The minimum absolute atomic E-state index is 0.911. The van der Waals surface area contributed by atoms with Crippen molar-refractivity contribution < 1.29 is 0 Å². The van der Waals surface area contributed by atoms with Crippen LogP contribution in [0.25, 0.3) is 97.7 Å². The Morgan fingerprint density at radius 1 is 0.392 bits per heavy atom. The first kappa shape index (κ1) is 28.4. The number of rotatable bonds is 4. The van der Waals surface area contributed by atoms with Gasteiger partial charge in [0.15, 0.2) is 0 Å². The van der Waals surface area contributed by atoms with Crippen molar-refractivity contribution in [3.8, 4) is 33.9 Å². The van der Waals surface area contributed by atoms with E-state index in [2.05, 4.69) is 185 Å². The maximum Gasteiger partial charge on any atom is 0.138 e. The maximum absolute atomic E-state index is 5.34. The largest absolute Gasteiger partial charge is 0.309 e. The van der Waals surface area contributed by atoms with Crippen molar-refractivity contribution in [2.45, 2.75) is 0 Å². The molecule has 0 spiro atoms. The van der Waals surface area contributed by atoms with Crippen molar-refractivity contribution in [2.24, 2.45) is 0 Å². The lowest BCUT2D eigenvalue weighted by molar-refractivity contribution is 1.08. The normalized spacial score (nSPS) is 11.9. The van der Waals surface area contributed by atoms with Gasteiger partial charge in [-0.05, 0) is 71.8 Å². The third-order valence-corrected chi connectivity index (χ3v) is 11.5. The monoisotopic (exact) mass is 667 g/mol. The van der Waals surface area contributed by atoms with E-state index in [9.17, 15) is 0 Å². The van der Waals surface area contributed by atoms with Gasteiger partial charge in [0, 0.05) is 47.3 Å². The molecular formula is C47H29N3S. The van der Waals surface area contributed by atoms with Crippen molar-refractivity contribution >= 4 is 75.1 Å². The summed E-state index contributed by atoms with van der Waals surface area (Å²) >= 11 is 1.86. The third-order valence-electron chi connectivity index (χ3n) is 10.3. The van der Waals surface area contributed by atoms with Gasteiger partial charge in [0.05, 0.1) is 33.4 Å². The summed E-state index contributed by atoms with van der Waals surface area (Å²) in [5.74, 6) is 0.911. The molecule has 4 aromatic heterocycles. The lowest BCUT2D eigenvalue weighted by atomic mass is 9.98. The number of fused-ring (bicyclic) bond motifs is 9. The molecule has 0 aliphatic carbocycles. The number of hydrogen-bond donors (Lipinski definition) is 0. The number of para-hydroxylation sites is 2. The van der Waals surface area contributed by atoms with E-state index in [-0.39, 0.29) is 0 Å². The number of nitrogens with zero attached hydrogens (tertiary/aromatic N) is 3. The van der Waals surface area contributed by atoms with Crippen molar-refractivity contribution in [1.29, 1.82) is 0 Å². The molecule has 0 saturated heterocycles. The number of thiophene rings is 1. The molecule has 4 heteroatoms. The number of benzene rings is 7. The lowest BCUT2D eigenvalue weighted by Crippen LogP contribution is -1.98. The zero-order valence-corrected chi connectivity index (χ0v) is 28.3. The molecule has 0 N–H and O–H groups in total. The molecule has 0 bridgehead atoms. The predicted octanol–water partition coefficient (Wildman–Crippen LogP) is 13.0. The molecule has 0 amide bonds. The first-order valence-electron chi connectivity index (χ1n) is 17.3. The minimum atomic E-state index is 0.911. The Hall–Kier alpha value is -6.49. The molecule has 238 valence electrons. The lowest BCUT2D eigenvalue weighted by Gasteiger charge is -2.11. The molecule has 0 saturated carbocycles. The fraction of sp³-hybridized carbons (Fsp3) is 0. The molecule has 7 aromatic carbocycles. The van der Waals surface area contributed by atoms with Crippen LogP contribution in [-0.2, 0) is 0 Å². The molecule has 4 heterocycles. The van der Waals surface area contributed by atoms with Gasteiger partial charge in [-0.3, -0.25) is 4.57 Å². The van der Waals surface area contributed by atoms with Crippen LogP contribution in [0, 0.1) is 0 Å². The van der Waals surface area contributed by atoms with Crippen molar-refractivity contribution in [1.82, 2.24) is 14.1 Å². The molecule has 11 rings (SSSR count). The molecule has 0 radical (unpaired) electrons. The van der Waals surface area contributed by atoms with E-state index >= 15 is 0 Å². The fourth-order valence-electron chi connectivity index (χ4n) is 8.17. The Bertz CT molecular complexity index is 3090. The van der Waals surface area contributed by atoms with E-state index < -0.39 is 0 Å². The highest BCUT2D eigenvalue weighted by molar-refractivity contribution is 7.25. The van der Waals surface area contributed by atoms with Gasteiger partial charge in [-0.25, -0.2) is 4.98 Å². The van der Waals surface area contributed by atoms with Crippen LogP contribution in [0.5, 0.6) is 0 Å². The maximum atomic E-state index is 5.34. The van der Waals surface area contributed by atoms with Gasteiger partial charge in [0.1, 0.15) is 5.82 Å². The van der Waals surface area contributed by atoms with Gasteiger partial charge in [-0.1, -0.05) is 115 Å². The van der Waals surface area contributed by atoms with E-state index in [1.54, 1.807) is 0 Å². The number of hydrogen-bond acceptors (Lipinski definition) is 2. The van der Waals surface area contributed by atoms with E-state index in [1.165, 1.54) is 69.6 Å². The van der Waals surface area contributed by atoms with Gasteiger partial charge in [-0.15, -0.1) is 11.3 Å². The molecule has 51 heavy (non-hydrogen) atoms. The molecule has 11 aromatic rings. The Morgan fingerprint density at radius 3 is 1.86 bits per heavy atom. The van der Waals surface area contributed by atoms with Crippen LogP contribution >= 0.6 is 11.3 Å². The van der Waals surface area contributed by atoms with Crippen LogP contribution in [0.3, 0.4) is 0 Å². The second-order valence-corrected chi connectivity index (χ2v) is 14.2. The van der Waals surface area contributed by atoms with Crippen LogP contribution in [0.1, 0.15) is 0 Å². The Labute approximate surface area is 297 Å². The summed E-state index contributed by atoms with van der Waals surface area (Å²) in [5.41, 5.74) is 10.4. The van der Waals surface area contributed by atoms with Crippen molar-refractivity contribution in [3.05, 3.63) is 176 Å². The smallest absolute Gasteiger partial charge is 0.138 e.